The van der Waals surface area contributed by atoms with E-state index in [9.17, 15) is 9.59 Å². The van der Waals surface area contributed by atoms with Crippen LogP contribution in [0.5, 0.6) is 0 Å². The van der Waals surface area contributed by atoms with Crippen molar-refractivity contribution in [1.29, 1.82) is 0 Å². The Bertz CT molecular complexity index is 1010. The first-order chi connectivity index (χ1) is 13.5. The Hall–Kier alpha value is -2.12. The summed E-state index contributed by atoms with van der Waals surface area (Å²) in [6.45, 7) is 6.90. The summed E-state index contributed by atoms with van der Waals surface area (Å²) >= 11 is 2.81. The average molecular weight is 416 g/mol. The monoisotopic (exact) mass is 415 g/mol. The molecule has 0 fully saturated rings. The van der Waals surface area contributed by atoms with E-state index >= 15 is 0 Å². The van der Waals surface area contributed by atoms with Crippen LogP contribution in [0.2, 0.25) is 0 Å². The third-order valence-corrected chi connectivity index (χ3v) is 6.68. The van der Waals surface area contributed by atoms with Gasteiger partial charge in [0.05, 0.1) is 11.1 Å². The molecular weight excluding hydrogens is 390 g/mol. The number of aromatic nitrogens is 2. The molecule has 0 saturated carbocycles. The van der Waals surface area contributed by atoms with Gasteiger partial charge in [-0.2, -0.15) is 0 Å². The third kappa shape index (κ3) is 5.02. The zero-order chi connectivity index (χ0) is 20.1. The van der Waals surface area contributed by atoms with Crippen molar-refractivity contribution in [3.05, 3.63) is 56.7 Å². The van der Waals surface area contributed by atoms with Crippen LogP contribution in [0.3, 0.4) is 0 Å². The Balaban J connectivity index is 1.67. The molecule has 0 aliphatic carbocycles. The smallest absolute Gasteiger partial charge is 0.260 e. The zero-order valence-corrected chi connectivity index (χ0v) is 18.0. The summed E-state index contributed by atoms with van der Waals surface area (Å²) in [6, 6.07) is 9.77. The van der Waals surface area contributed by atoms with Crippen LogP contribution < -0.4 is 10.9 Å². The van der Waals surface area contributed by atoms with Gasteiger partial charge in [-0.05, 0) is 30.4 Å². The molecule has 7 heteroatoms. The van der Waals surface area contributed by atoms with Crippen molar-refractivity contribution in [2.24, 2.45) is 5.92 Å². The lowest BCUT2D eigenvalue weighted by atomic mass is 9.98. The standard InChI is InChI=1S/C21H25N3O2S2/c1-4-13(2)10-16-14(3)28-20-18(16)19(26)23-21(24-20)27-12-17(25)22-11-15-8-6-5-7-9-15/h5-9,13H,4,10-12H2,1-3H3,(H,22,25)(H,23,24,26)/t13-/m0/s1. The Morgan fingerprint density at radius 3 is 2.79 bits per heavy atom. The molecule has 2 aromatic heterocycles. The molecule has 1 aromatic carbocycles. The molecule has 0 aliphatic rings. The highest BCUT2D eigenvalue weighted by molar-refractivity contribution is 7.99. The van der Waals surface area contributed by atoms with E-state index in [1.54, 1.807) is 11.3 Å². The Morgan fingerprint density at radius 1 is 1.32 bits per heavy atom. The average Bonchev–Trinajstić information content (AvgIpc) is 3.01. The molecule has 0 aliphatic heterocycles. The summed E-state index contributed by atoms with van der Waals surface area (Å²) in [7, 11) is 0. The van der Waals surface area contributed by atoms with Crippen molar-refractivity contribution in [3.8, 4) is 0 Å². The number of aromatic amines is 1. The molecule has 1 atom stereocenters. The second kappa shape index (κ2) is 9.39. The molecule has 0 spiro atoms. The van der Waals surface area contributed by atoms with Gasteiger partial charge in [-0.15, -0.1) is 11.3 Å². The topological polar surface area (TPSA) is 74.8 Å². The predicted octanol–water partition coefficient (Wildman–Crippen LogP) is 4.29. The first-order valence-corrected chi connectivity index (χ1v) is 11.2. The molecule has 1 amide bonds. The van der Waals surface area contributed by atoms with Crippen LogP contribution in [0.25, 0.3) is 10.2 Å². The van der Waals surface area contributed by atoms with Gasteiger partial charge in [-0.25, -0.2) is 4.98 Å². The number of carbonyl (C=O) groups is 1. The van der Waals surface area contributed by atoms with E-state index in [-0.39, 0.29) is 17.2 Å². The van der Waals surface area contributed by atoms with Gasteiger partial charge in [-0.1, -0.05) is 62.4 Å². The molecule has 2 N–H and O–H groups in total. The maximum absolute atomic E-state index is 12.7. The van der Waals surface area contributed by atoms with Crippen LogP contribution in [0.15, 0.2) is 40.3 Å². The molecule has 0 saturated heterocycles. The number of hydrogen-bond donors (Lipinski definition) is 2. The number of aryl methyl sites for hydroxylation is 1. The molecule has 3 rings (SSSR count). The van der Waals surface area contributed by atoms with Gasteiger partial charge in [0, 0.05) is 11.4 Å². The third-order valence-electron chi connectivity index (χ3n) is 4.76. The van der Waals surface area contributed by atoms with Crippen LogP contribution >= 0.6 is 23.1 Å². The molecule has 0 unspecified atom stereocenters. The van der Waals surface area contributed by atoms with Crippen LogP contribution in [-0.2, 0) is 17.8 Å². The summed E-state index contributed by atoms with van der Waals surface area (Å²) in [4.78, 5) is 34.1. The quantitative estimate of drug-likeness (QED) is 0.425. The van der Waals surface area contributed by atoms with E-state index in [0.29, 0.717) is 23.0 Å². The van der Waals surface area contributed by atoms with E-state index in [1.807, 2.05) is 37.3 Å². The first kappa shape index (κ1) is 20.6. The van der Waals surface area contributed by atoms with Crippen molar-refractivity contribution in [2.75, 3.05) is 5.75 Å². The summed E-state index contributed by atoms with van der Waals surface area (Å²) in [5.74, 6) is 0.653. The SMILES string of the molecule is CC[C@H](C)Cc1c(C)sc2nc(SCC(=O)NCc3ccccc3)[nH]c(=O)c12. The predicted molar refractivity (Wildman–Crippen MR) is 117 cm³/mol. The number of amides is 1. The van der Waals surface area contributed by atoms with Gasteiger partial charge < -0.3 is 10.3 Å². The lowest BCUT2D eigenvalue weighted by Crippen LogP contribution is -2.24. The number of fused-ring (bicyclic) bond motifs is 1. The lowest BCUT2D eigenvalue weighted by Gasteiger charge is -2.08. The van der Waals surface area contributed by atoms with Crippen molar-refractivity contribution in [3.63, 3.8) is 0 Å². The maximum atomic E-state index is 12.7. The second-order valence-electron chi connectivity index (χ2n) is 6.96. The fourth-order valence-electron chi connectivity index (χ4n) is 2.94. The highest BCUT2D eigenvalue weighted by Crippen LogP contribution is 2.30. The van der Waals surface area contributed by atoms with Crippen LogP contribution in [0, 0.1) is 12.8 Å². The minimum Gasteiger partial charge on any atom is -0.351 e. The van der Waals surface area contributed by atoms with E-state index in [4.69, 9.17) is 0 Å². The molecule has 148 valence electrons. The molecular formula is C21H25N3O2S2. The minimum atomic E-state index is -0.111. The fourth-order valence-corrected chi connectivity index (χ4v) is 4.75. The molecule has 2 heterocycles. The van der Waals surface area contributed by atoms with Gasteiger partial charge in [-0.3, -0.25) is 9.59 Å². The lowest BCUT2D eigenvalue weighted by molar-refractivity contribution is -0.118. The number of benzene rings is 1. The number of rotatable bonds is 8. The number of thioether (sulfide) groups is 1. The summed E-state index contributed by atoms with van der Waals surface area (Å²) in [6.07, 6.45) is 1.97. The fraction of sp³-hybridized carbons (Fsp3) is 0.381. The first-order valence-electron chi connectivity index (χ1n) is 9.43. The summed E-state index contributed by atoms with van der Waals surface area (Å²) in [5, 5.41) is 4.08. The Morgan fingerprint density at radius 2 is 2.07 bits per heavy atom. The highest BCUT2D eigenvalue weighted by Gasteiger charge is 2.17. The van der Waals surface area contributed by atoms with Crippen molar-refractivity contribution in [1.82, 2.24) is 15.3 Å². The van der Waals surface area contributed by atoms with Gasteiger partial charge in [0.15, 0.2) is 5.16 Å². The molecule has 0 bridgehead atoms. The zero-order valence-electron chi connectivity index (χ0n) is 16.4. The Kier molecular flexibility index (Phi) is 6.91. The number of H-pyrrole nitrogens is 1. The second-order valence-corrected chi connectivity index (χ2v) is 9.12. The van der Waals surface area contributed by atoms with E-state index in [2.05, 4.69) is 29.1 Å². The number of carbonyl (C=O) groups excluding carboxylic acids is 1. The minimum absolute atomic E-state index is 0.0866. The normalized spacial score (nSPS) is 12.2. The van der Waals surface area contributed by atoms with Crippen molar-refractivity contribution < 1.29 is 4.79 Å². The summed E-state index contributed by atoms with van der Waals surface area (Å²) < 4.78 is 0. The highest BCUT2D eigenvalue weighted by atomic mass is 32.2. The van der Waals surface area contributed by atoms with Crippen molar-refractivity contribution in [2.45, 2.75) is 45.3 Å². The number of nitrogens with zero attached hydrogens (tertiary/aromatic N) is 1. The molecule has 3 aromatic rings. The number of hydrogen-bond acceptors (Lipinski definition) is 5. The van der Waals surface area contributed by atoms with Crippen molar-refractivity contribution >= 4 is 39.2 Å². The van der Waals surface area contributed by atoms with Gasteiger partial charge in [0.25, 0.3) is 5.56 Å². The van der Waals surface area contributed by atoms with E-state index < -0.39 is 0 Å². The maximum Gasteiger partial charge on any atom is 0.260 e. The van der Waals surface area contributed by atoms with Gasteiger partial charge in [0.1, 0.15) is 4.83 Å². The van der Waals surface area contributed by atoms with Gasteiger partial charge >= 0.3 is 0 Å². The molecule has 28 heavy (non-hydrogen) atoms. The largest absolute Gasteiger partial charge is 0.351 e. The van der Waals surface area contributed by atoms with Crippen LogP contribution in [0.1, 0.15) is 36.3 Å². The molecule has 5 nitrogen and oxygen atoms in total. The number of thiophene rings is 1. The van der Waals surface area contributed by atoms with Crippen LogP contribution in [0.4, 0.5) is 0 Å². The molecule has 0 radical (unpaired) electrons. The van der Waals surface area contributed by atoms with E-state index in [0.717, 1.165) is 33.7 Å². The summed E-state index contributed by atoms with van der Waals surface area (Å²) in [5.41, 5.74) is 2.05. The Labute approximate surface area is 173 Å². The van der Waals surface area contributed by atoms with Crippen LogP contribution in [-0.4, -0.2) is 21.6 Å². The van der Waals surface area contributed by atoms with E-state index in [1.165, 1.54) is 11.8 Å². The number of nitrogens with one attached hydrogen (secondary N) is 2. The van der Waals surface area contributed by atoms with Gasteiger partial charge in [0.2, 0.25) is 5.91 Å².